The molecular weight excluding hydrogens is 919 g/mol. The molecule has 0 aromatic heterocycles. The second-order valence-corrected chi connectivity index (χ2v) is 28.6. The maximum atomic E-state index is 8.14. The summed E-state index contributed by atoms with van der Waals surface area (Å²) in [5, 5.41) is 24.4. The van der Waals surface area contributed by atoms with Gasteiger partial charge in [-0.2, -0.15) is 15.8 Å². The second kappa shape index (κ2) is 30.8. The van der Waals surface area contributed by atoms with Gasteiger partial charge in [0.2, 0.25) is 0 Å². The SMILES string of the molecule is N#CC1CCC1.N#CC1CCC1.N#CC1CCC1.O.[Cl][Pt]([Cl])([Cl])[Cl].[Cl][Pt][Cl].[K][K]. The molecule has 0 amide bonds. The Morgan fingerprint density at radius 2 is 0.793 bits per heavy atom. The molecule has 0 spiro atoms. The quantitative estimate of drug-likeness (QED) is 0.260. The van der Waals surface area contributed by atoms with Crippen LogP contribution in [0.2, 0.25) is 0 Å². The van der Waals surface area contributed by atoms with Crippen molar-refractivity contribution in [3.8, 4) is 18.2 Å². The van der Waals surface area contributed by atoms with Gasteiger partial charge in [0.15, 0.2) is 0 Å². The van der Waals surface area contributed by atoms with Gasteiger partial charge in [-0.1, -0.05) is 19.3 Å². The molecule has 0 radical (unpaired) electrons. The van der Waals surface area contributed by atoms with Crippen LogP contribution in [0, 0.1) is 51.7 Å². The molecule has 0 aliphatic heterocycles. The third kappa shape index (κ3) is 37.5. The van der Waals surface area contributed by atoms with Crippen LogP contribution >= 0.6 is 56.5 Å². The van der Waals surface area contributed by atoms with E-state index in [2.05, 4.69) is 18.2 Å². The number of rotatable bonds is 0. The average Bonchev–Trinajstić information content (AvgIpc) is 2.46. The second-order valence-electron chi connectivity index (χ2n) is 5.59. The van der Waals surface area contributed by atoms with Gasteiger partial charge in [0.05, 0.1) is 18.2 Å². The van der Waals surface area contributed by atoms with Crippen LogP contribution in [-0.2, 0) is 28.4 Å². The van der Waals surface area contributed by atoms with Crippen LogP contribution in [0.15, 0.2) is 0 Å². The van der Waals surface area contributed by atoms with Crippen molar-refractivity contribution in [1.29, 1.82) is 15.8 Å². The molecule has 3 fully saturated rings. The van der Waals surface area contributed by atoms with Crippen molar-refractivity contribution in [2.75, 3.05) is 0 Å². The molecule has 0 aromatic carbocycles. The first-order valence-electron chi connectivity index (χ1n) is 8.70. The van der Waals surface area contributed by atoms with Crippen molar-refractivity contribution in [2.45, 2.75) is 57.8 Å². The van der Waals surface area contributed by atoms with Gasteiger partial charge in [0.1, 0.15) is 0 Å². The molecule has 29 heavy (non-hydrogen) atoms. The van der Waals surface area contributed by atoms with Crippen molar-refractivity contribution in [3.63, 3.8) is 0 Å². The minimum atomic E-state index is -3.06. The zero-order chi connectivity index (χ0) is 22.4. The summed E-state index contributed by atoms with van der Waals surface area (Å²) in [5.41, 5.74) is 0. The molecule has 2 N–H and O–H groups in total. The Morgan fingerprint density at radius 1 is 0.655 bits per heavy atom. The van der Waals surface area contributed by atoms with Crippen molar-refractivity contribution in [3.05, 3.63) is 0 Å². The normalized spacial score (nSPS) is 17.2. The monoisotopic (exact) mass is 939 g/mol. The fraction of sp³-hybridized carbons (Fsp3) is 0.800. The van der Waals surface area contributed by atoms with Crippen molar-refractivity contribution < 1.29 is 33.9 Å². The van der Waals surface area contributed by atoms with Crippen molar-refractivity contribution in [2.24, 2.45) is 17.8 Å². The Balaban J connectivity index is -0.000000133. The molecule has 4 nitrogen and oxygen atoms in total. The predicted octanol–water partition coefficient (Wildman–Crippen LogP) is 6.48. The van der Waals surface area contributed by atoms with Crippen LogP contribution in [0.4, 0.5) is 0 Å². The van der Waals surface area contributed by atoms with Crippen LogP contribution in [0.3, 0.4) is 0 Å². The summed E-state index contributed by atoms with van der Waals surface area (Å²) in [5.74, 6) is 1.26. The number of hydrogen-bond donors (Lipinski definition) is 0. The third-order valence-corrected chi connectivity index (χ3v) is 3.86. The van der Waals surface area contributed by atoms with E-state index in [-0.39, 0.29) is 5.48 Å². The molecule has 0 heterocycles. The summed E-state index contributed by atoms with van der Waals surface area (Å²) >= 11 is -1.03. The summed E-state index contributed by atoms with van der Waals surface area (Å²) in [6.07, 6.45) is 10.7. The summed E-state index contributed by atoms with van der Waals surface area (Å²) in [7, 11) is 29.8. The van der Waals surface area contributed by atoms with Gasteiger partial charge in [0, 0.05) is 17.8 Å². The molecule has 14 heteroatoms. The Hall–Kier alpha value is 4.82. The van der Waals surface area contributed by atoms with E-state index in [1.54, 1.807) is 0 Å². The average molecular weight is 942 g/mol. The summed E-state index contributed by atoms with van der Waals surface area (Å²) < 4.78 is 0. The Bertz CT molecular complexity index is 412. The number of halogens is 6. The molecule has 0 saturated heterocycles. The van der Waals surface area contributed by atoms with E-state index in [4.69, 9.17) is 72.3 Å². The first kappa shape index (κ1) is 41.0. The zero-order valence-electron chi connectivity index (χ0n) is 16.3. The molecule has 0 unspecified atom stereocenters. The van der Waals surface area contributed by atoms with Gasteiger partial charge < -0.3 is 5.48 Å². The molecule has 3 saturated carbocycles. The van der Waals surface area contributed by atoms with E-state index in [0.717, 1.165) is 38.5 Å². The number of nitriles is 3. The number of hydrogen-bond acceptors (Lipinski definition) is 3. The fourth-order valence-corrected chi connectivity index (χ4v) is 1.61. The van der Waals surface area contributed by atoms with E-state index in [0.29, 0.717) is 17.8 Å². The van der Waals surface area contributed by atoms with Crippen LogP contribution in [0.1, 0.15) is 57.8 Å². The zero-order valence-corrected chi connectivity index (χ0v) is 31.7. The van der Waals surface area contributed by atoms with E-state index in [9.17, 15) is 0 Å². The molecule has 3 aliphatic rings. The molecule has 3 rings (SSSR count). The van der Waals surface area contributed by atoms with Gasteiger partial charge in [-0.25, -0.2) is 0 Å². The van der Waals surface area contributed by atoms with E-state index in [1.807, 2.05) is 0 Å². The third-order valence-electron chi connectivity index (χ3n) is 3.86. The van der Waals surface area contributed by atoms with Gasteiger partial charge in [0.25, 0.3) is 0 Å². The van der Waals surface area contributed by atoms with Crippen LogP contribution < -0.4 is 0 Å². The topological polar surface area (TPSA) is 103 Å². The standard InChI is InChI=1S/3C5H7N.6ClH.2K.H2O.2Pt/c3*6-4-5-2-1-3-5;;;;;;;;;;;/h3*5H,1-3H2;6*1H;;;1H2;;/q;;;;;;;;;;;;+2;+4/p-6. The first-order chi connectivity index (χ1) is 13.2. The van der Waals surface area contributed by atoms with Crippen LogP contribution in [-0.4, -0.2) is 68.6 Å². The molecule has 168 valence electrons. The summed E-state index contributed by atoms with van der Waals surface area (Å²) in [6.45, 7) is 0. The van der Waals surface area contributed by atoms with Crippen LogP contribution in [0.5, 0.6) is 0 Å². The van der Waals surface area contributed by atoms with Gasteiger partial charge in [-0.05, 0) is 38.5 Å². The fourth-order valence-electron chi connectivity index (χ4n) is 1.61. The predicted molar refractivity (Wildman–Crippen MR) is 119 cm³/mol. The van der Waals surface area contributed by atoms with E-state index < -0.39 is 28.4 Å². The summed E-state index contributed by atoms with van der Waals surface area (Å²) in [6, 6.07) is 6.60. The van der Waals surface area contributed by atoms with Gasteiger partial charge in [-0.15, -0.1) is 0 Å². The summed E-state index contributed by atoms with van der Waals surface area (Å²) in [4.78, 5) is 0. The van der Waals surface area contributed by atoms with Crippen LogP contribution in [0.25, 0.3) is 0 Å². The molecule has 3 aliphatic carbocycles. The van der Waals surface area contributed by atoms with Gasteiger partial charge in [-0.3, -0.25) is 0 Å². The Kier molecular flexibility index (Phi) is 43.6. The molecule has 0 bridgehead atoms. The van der Waals surface area contributed by atoms with Gasteiger partial charge >= 0.3 is 148 Å². The first-order valence-corrected chi connectivity index (χ1v) is 41.6. The molecular formula is C15H23Cl6K2N3OPt2. The van der Waals surface area contributed by atoms with E-state index in [1.165, 1.54) is 82.4 Å². The number of nitrogens with zero attached hydrogens (tertiary/aromatic N) is 3. The van der Waals surface area contributed by atoms with E-state index >= 15 is 0 Å². The minimum absolute atomic E-state index is 0. The maximum absolute atomic E-state index is 8.14. The Morgan fingerprint density at radius 3 is 0.793 bits per heavy atom. The van der Waals surface area contributed by atoms with Crippen molar-refractivity contribution in [1.82, 2.24) is 0 Å². The molecule has 0 atom stereocenters. The van der Waals surface area contributed by atoms with Crippen molar-refractivity contribution >= 4 is 120 Å². The molecule has 0 aromatic rings. The Labute approximate surface area is 256 Å².